The molecule has 82 valence electrons. The maximum atomic E-state index is 11.6. The molecule has 0 fully saturated rings. The number of hydrogen-bond acceptors (Lipinski definition) is 5. The molecule has 0 amide bonds. The van der Waals surface area contributed by atoms with E-state index in [1.807, 2.05) is 5.16 Å². The Kier molecular flexibility index (Phi) is 5.21. The molecule has 4 nitrogen and oxygen atoms in total. The first-order valence-corrected chi connectivity index (χ1v) is 5.12. The average Bonchev–Trinajstić information content (AvgIpc) is 2.02. The Morgan fingerprint density at radius 3 is 2.43 bits per heavy atom. The van der Waals surface area contributed by atoms with Gasteiger partial charge in [0.2, 0.25) is 0 Å². The molecule has 0 aliphatic carbocycles. The Morgan fingerprint density at radius 1 is 1.43 bits per heavy atom. The third-order valence-corrected chi connectivity index (χ3v) is 2.17. The molecular formula is C5H6F3NO3S2. The van der Waals surface area contributed by atoms with Crippen LogP contribution >= 0.6 is 12.2 Å². The SMILES string of the molecule is O=S(=O)(OCCCN=C=S)C(F)(F)F. The average molecular weight is 249 g/mol. The number of hydrogen-bond donors (Lipinski definition) is 0. The minimum atomic E-state index is -5.47. The Bertz CT molecular complexity index is 318. The molecule has 14 heavy (non-hydrogen) atoms. The summed E-state index contributed by atoms with van der Waals surface area (Å²) in [4.78, 5) is 3.36. The molecule has 0 spiro atoms. The van der Waals surface area contributed by atoms with Crippen LogP contribution in [-0.2, 0) is 14.3 Å². The zero-order chi connectivity index (χ0) is 11.2. The molecule has 0 N–H and O–H groups in total. The highest BCUT2D eigenvalue weighted by Crippen LogP contribution is 2.24. The van der Waals surface area contributed by atoms with Gasteiger partial charge in [-0.25, -0.2) is 4.99 Å². The third kappa shape index (κ3) is 4.66. The summed E-state index contributed by atoms with van der Waals surface area (Å²) in [5.41, 5.74) is -5.37. The number of rotatable bonds is 5. The summed E-state index contributed by atoms with van der Waals surface area (Å²) in [5, 5.41) is 1.98. The normalized spacial score (nSPS) is 12.2. The Hall–Kier alpha value is -0.500. The molecule has 0 aromatic rings. The fourth-order valence-corrected chi connectivity index (χ4v) is 0.987. The van der Waals surface area contributed by atoms with Crippen molar-refractivity contribution < 1.29 is 25.8 Å². The van der Waals surface area contributed by atoms with E-state index < -0.39 is 22.2 Å². The van der Waals surface area contributed by atoms with Gasteiger partial charge in [-0.2, -0.15) is 21.6 Å². The predicted octanol–water partition coefficient (Wildman–Crippen LogP) is 1.35. The van der Waals surface area contributed by atoms with Crippen LogP contribution in [0.1, 0.15) is 6.42 Å². The van der Waals surface area contributed by atoms with Gasteiger partial charge < -0.3 is 0 Å². The lowest BCUT2D eigenvalue weighted by molar-refractivity contribution is -0.0542. The van der Waals surface area contributed by atoms with Crippen LogP contribution < -0.4 is 0 Å². The van der Waals surface area contributed by atoms with Crippen molar-refractivity contribution in [2.45, 2.75) is 11.9 Å². The van der Waals surface area contributed by atoms with Gasteiger partial charge in [0.15, 0.2) is 0 Å². The van der Waals surface area contributed by atoms with Crippen LogP contribution in [0.3, 0.4) is 0 Å². The van der Waals surface area contributed by atoms with E-state index in [0.29, 0.717) is 0 Å². The molecule has 9 heteroatoms. The van der Waals surface area contributed by atoms with Gasteiger partial charge in [-0.1, -0.05) is 0 Å². The van der Waals surface area contributed by atoms with E-state index in [1.54, 1.807) is 0 Å². The first kappa shape index (κ1) is 13.5. The van der Waals surface area contributed by atoms with Gasteiger partial charge >= 0.3 is 15.6 Å². The lowest BCUT2D eigenvalue weighted by Gasteiger charge is -2.06. The highest BCUT2D eigenvalue weighted by molar-refractivity contribution is 7.87. The number of aliphatic imine (C=N–C) groups is 1. The van der Waals surface area contributed by atoms with Gasteiger partial charge in [0.05, 0.1) is 18.3 Å². The number of halogens is 3. The zero-order valence-corrected chi connectivity index (χ0v) is 8.38. The van der Waals surface area contributed by atoms with Crippen molar-refractivity contribution >= 4 is 27.5 Å². The van der Waals surface area contributed by atoms with Gasteiger partial charge in [-0.3, -0.25) is 4.18 Å². The molecule has 0 heterocycles. The van der Waals surface area contributed by atoms with Crippen LogP contribution in [0.4, 0.5) is 13.2 Å². The Morgan fingerprint density at radius 2 is 2.00 bits per heavy atom. The van der Waals surface area contributed by atoms with E-state index in [4.69, 9.17) is 0 Å². The van der Waals surface area contributed by atoms with Crippen LogP contribution in [0.15, 0.2) is 4.99 Å². The van der Waals surface area contributed by atoms with Crippen molar-refractivity contribution in [2.24, 2.45) is 4.99 Å². The van der Waals surface area contributed by atoms with Crippen LogP contribution in [0.5, 0.6) is 0 Å². The summed E-state index contributed by atoms with van der Waals surface area (Å²) in [6, 6.07) is 0. The lowest BCUT2D eigenvalue weighted by atomic mass is 10.5. The first-order chi connectivity index (χ1) is 6.31. The molecule has 0 aliphatic rings. The summed E-state index contributed by atoms with van der Waals surface area (Å²) in [7, 11) is -5.47. The molecule has 0 rings (SSSR count). The van der Waals surface area contributed by atoms with E-state index in [2.05, 4.69) is 21.4 Å². The van der Waals surface area contributed by atoms with Gasteiger partial charge in [0.1, 0.15) is 0 Å². The molecular weight excluding hydrogens is 243 g/mol. The van der Waals surface area contributed by atoms with Crippen molar-refractivity contribution in [2.75, 3.05) is 13.2 Å². The zero-order valence-electron chi connectivity index (χ0n) is 6.74. The van der Waals surface area contributed by atoms with Crippen molar-refractivity contribution in [3.8, 4) is 0 Å². The summed E-state index contributed by atoms with van der Waals surface area (Å²) in [5.74, 6) is 0. The second kappa shape index (κ2) is 5.40. The minimum absolute atomic E-state index is 0.0267. The van der Waals surface area contributed by atoms with E-state index in [0.717, 1.165) is 0 Å². The monoisotopic (exact) mass is 249 g/mol. The number of nitrogens with zero attached hydrogens (tertiary/aromatic N) is 1. The van der Waals surface area contributed by atoms with Crippen LogP contribution in [0, 0.1) is 0 Å². The second-order valence-corrected chi connectivity index (χ2v) is 3.84. The van der Waals surface area contributed by atoms with E-state index in [1.165, 1.54) is 0 Å². The van der Waals surface area contributed by atoms with Crippen molar-refractivity contribution in [3.63, 3.8) is 0 Å². The summed E-state index contributed by atoms with van der Waals surface area (Å²) in [6.07, 6.45) is 0.0267. The smallest absolute Gasteiger partial charge is 0.263 e. The van der Waals surface area contributed by atoms with Crippen LogP contribution in [-0.4, -0.2) is 32.2 Å². The topological polar surface area (TPSA) is 55.7 Å². The standard InChI is InChI=1S/C5H6F3NO3S2/c6-5(7,8)14(10,11)12-3-1-2-9-4-13/h1-3H2. The van der Waals surface area contributed by atoms with E-state index in [9.17, 15) is 21.6 Å². The quantitative estimate of drug-likeness (QED) is 0.242. The fourth-order valence-electron chi connectivity index (χ4n) is 0.425. The number of isothiocyanates is 1. The van der Waals surface area contributed by atoms with Crippen molar-refractivity contribution in [1.82, 2.24) is 0 Å². The van der Waals surface area contributed by atoms with E-state index in [-0.39, 0.29) is 13.0 Å². The number of thiocarbonyl (C=S) groups is 1. The Balaban J connectivity index is 3.96. The maximum absolute atomic E-state index is 11.6. The predicted molar refractivity (Wildman–Crippen MR) is 45.4 cm³/mol. The largest absolute Gasteiger partial charge is 0.523 e. The molecule has 0 atom stereocenters. The van der Waals surface area contributed by atoms with Crippen molar-refractivity contribution in [3.05, 3.63) is 0 Å². The van der Waals surface area contributed by atoms with Crippen LogP contribution in [0.25, 0.3) is 0 Å². The van der Waals surface area contributed by atoms with Gasteiger partial charge in [-0.05, 0) is 18.6 Å². The molecule has 0 bridgehead atoms. The first-order valence-electron chi connectivity index (χ1n) is 3.30. The molecule has 0 aromatic heterocycles. The number of alkyl halides is 3. The minimum Gasteiger partial charge on any atom is -0.263 e. The second-order valence-electron chi connectivity index (χ2n) is 2.05. The lowest BCUT2D eigenvalue weighted by Crippen LogP contribution is -2.26. The molecule has 0 radical (unpaired) electrons. The van der Waals surface area contributed by atoms with Gasteiger partial charge in [0, 0.05) is 0 Å². The molecule has 0 unspecified atom stereocenters. The van der Waals surface area contributed by atoms with Crippen LogP contribution in [0.2, 0.25) is 0 Å². The third-order valence-electron chi connectivity index (χ3n) is 1.00. The maximum Gasteiger partial charge on any atom is 0.523 e. The van der Waals surface area contributed by atoms with Crippen molar-refractivity contribution in [1.29, 1.82) is 0 Å². The highest BCUT2D eigenvalue weighted by Gasteiger charge is 2.47. The summed E-state index contributed by atoms with van der Waals surface area (Å²) in [6.45, 7) is -0.501. The molecule has 0 saturated heterocycles. The summed E-state index contributed by atoms with van der Waals surface area (Å²) >= 11 is 4.18. The van der Waals surface area contributed by atoms with Gasteiger partial charge in [0.25, 0.3) is 0 Å². The highest BCUT2D eigenvalue weighted by atomic mass is 32.2. The van der Waals surface area contributed by atoms with E-state index >= 15 is 0 Å². The molecule has 0 saturated carbocycles. The Labute approximate surface area is 83.9 Å². The fraction of sp³-hybridized carbons (Fsp3) is 0.800. The molecule has 0 aliphatic heterocycles. The van der Waals surface area contributed by atoms with Gasteiger partial charge in [-0.15, -0.1) is 0 Å². The summed E-state index contributed by atoms with van der Waals surface area (Å²) < 4.78 is 59.1. The molecule has 0 aromatic carbocycles.